The molecule has 3 unspecified atom stereocenters. The SMILES string of the molecule is CN(CCc1ccccn1)CC1CC(c2ccc(CO)cc2)OC(c2ccc(NC(=O)C(Cl)(Cl)Cl)cc2)O1. The third-order valence-electron chi connectivity index (χ3n) is 6.30. The molecule has 1 aliphatic rings. The number of likely N-dealkylation sites (N-methyl/N-ethyl adjacent to an activating group) is 1. The number of nitrogens with zero attached hydrogens (tertiary/aromatic N) is 2. The summed E-state index contributed by atoms with van der Waals surface area (Å²) in [5, 5.41) is 12.0. The predicted molar refractivity (Wildman–Crippen MR) is 149 cm³/mol. The van der Waals surface area contributed by atoms with Gasteiger partial charge in [-0.25, -0.2) is 0 Å². The number of nitrogens with one attached hydrogen (secondary N) is 1. The Hall–Kier alpha value is -2.23. The maximum Gasteiger partial charge on any atom is 0.276 e. The van der Waals surface area contributed by atoms with E-state index in [0.29, 0.717) is 12.1 Å². The van der Waals surface area contributed by atoms with E-state index < -0.39 is 16.0 Å². The number of ether oxygens (including phenoxy) is 2. The predicted octanol–water partition coefficient (Wildman–Crippen LogP) is 5.60. The molecule has 3 atom stereocenters. The van der Waals surface area contributed by atoms with Gasteiger partial charge < -0.3 is 24.8 Å². The molecule has 1 aromatic heterocycles. The molecule has 1 fully saturated rings. The lowest BCUT2D eigenvalue weighted by Crippen LogP contribution is -2.38. The molecular weight excluding hydrogens is 549 g/mol. The molecule has 1 aliphatic heterocycles. The smallest absolute Gasteiger partial charge is 0.276 e. The van der Waals surface area contributed by atoms with E-state index in [9.17, 15) is 9.90 Å². The molecule has 202 valence electrons. The molecule has 3 aromatic rings. The summed E-state index contributed by atoms with van der Waals surface area (Å²) in [6.07, 6.45) is 2.44. The number of carbonyl (C=O) groups is 1. The van der Waals surface area contributed by atoms with Gasteiger partial charge in [-0.15, -0.1) is 0 Å². The van der Waals surface area contributed by atoms with Gasteiger partial charge in [0.15, 0.2) is 6.29 Å². The van der Waals surface area contributed by atoms with Crippen molar-refractivity contribution in [1.82, 2.24) is 9.88 Å². The Bertz CT molecular complexity index is 1170. The van der Waals surface area contributed by atoms with Crippen molar-refractivity contribution in [2.75, 3.05) is 25.5 Å². The van der Waals surface area contributed by atoms with Gasteiger partial charge in [0.2, 0.25) is 0 Å². The number of aromatic nitrogens is 1. The van der Waals surface area contributed by atoms with E-state index in [1.54, 1.807) is 12.1 Å². The highest BCUT2D eigenvalue weighted by Gasteiger charge is 2.33. The standard InChI is InChI=1S/C28H30Cl3N3O4/c1-34(15-13-22-4-2-3-14-32-22)17-24-16-25(20-7-5-19(18-35)6-8-20)38-26(37-24)21-9-11-23(12-10-21)33-27(36)28(29,30)31/h2-12,14,24-26,35H,13,15-18H2,1H3,(H,33,36). The van der Waals surface area contributed by atoms with Crippen LogP contribution in [0.4, 0.5) is 5.69 Å². The second-order valence-corrected chi connectivity index (χ2v) is 11.5. The zero-order valence-electron chi connectivity index (χ0n) is 20.9. The number of halogens is 3. The molecule has 7 nitrogen and oxygen atoms in total. The molecule has 0 radical (unpaired) electrons. The number of benzene rings is 2. The highest BCUT2D eigenvalue weighted by Crippen LogP contribution is 2.38. The quantitative estimate of drug-likeness (QED) is 0.322. The number of hydrogen-bond acceptors (Lipinski definition) is 6. The average Bonchev–Trinajstić information content (AvgIpc) is 2.92. The second-order valence-electron chi connectivity index (χ2n) is 9.26. The summed E-state index contributed by atoms with van der Waals surface area (Å²) in [7, 11) is 2.07. The maximum atomic E-state index is 12.0. The van der Waals surface area contributed by atoms with Crippen LogP contribution in [0.3, 0.4) is 0 Å². The number of aliphatic hydroxyl groups is 1. The van der Waals surface area contributed by atoms with E-state index in [-0.39, 0.29) is 18.8 Å². The Morgan fingerprint density at radius 2 is 1.76 bits per heavy atom. The van der Waals surface area contributed by atoms with E-state index in [1.165, 1.54) is 0 Å². The minimum atomic E-state index is -2.05. The largest absolute Gasteiger partial charge is 0.392 e. The first-order valence-corrected chi connectivity index (χ1v) is 13.4. The van der Waals surface area contributed by atoms with Crippen LogP contribution in [-0.4, -0.2) is 50.9 Å². The van der Waals surface area contributed by atoms with E-state index in [4.69, 9.17) is 44.3 Å². The lowest BCUT2D eigenvalue weighted by atomic mass is 9.99. The van der Waals surface area contributed by atoms with Crippen molar-refractivity contribution in [3.8, 4) is 0 Å². The molecule has 0 spiro atoms. The van der Waals surface area contributed by atoms with Crippen molar-refractivity contribution in [2.24, 2.45) is 0 Å². The van der Waals surface area contributed by atoms with Crippen LogP contribution in [0.25, 0.3) is 0 Å². The number of aliphatic hydroxyl groups excluding tert-OH is 1. The fourth-order valence-corrected chi connectivity index (χ4v) is 4.39. The Balaban J connectivity index is 1.47. The molecule has 1 saturated heterocycles. The molecule has 0 aliphatic carbocycles. The van der Waals surface area contributed by atoms with Crippen LogP contribution >= 0.6 is 34.8 Å². The summed E-state index contributed by atoms with van der Waals surface area (Å²) >= 11 is 17.0. The van der Waals surface area contributed by atoms with Crippen molar-refractivity contribution >= 4 is 46.4 Å². The Kier molecular flexibility index (Phi) is 10.0. The second kappa shape index (κ2) is 13.2. The van der Waals surface area contributed by atoms with Gasteiger partial charge in [0.25, 0.3) is 9.70 Å². The number of carbonyl (C=O) groups excluding carboxylic acids is 1. The van der Waals surface area contributed by atoms with E-state index in [0.717, 1.165) is 41.9 Å². The molecule has 2 N–H and O–H groups in total. The Labute approximate surface area is 237 Å². The fraction of sp³-hybridized carbons (Fsp3) is 0.357. The summed E-state index contributed by atoms with van der Waals surface area (Å²) in [5.74, 6) is -0.736. The van der Waals surface area contributed by atoms with Crippen LogP contribution in [0, 0.1) is 0 Å². The lowest BCUT2D eigenvalue weighted by Gasteiger charge is -2.38. The van der Waals surface area contributed by atoms with Gasteiger partial charge in [0.1, 0.15) is 0 Å². The average molecular weight is 579 g/mol. The van der Waals surface area contributed by atoms with Gasteiger partial charge >= 0.3 is 0 Å². The zero-order chi connectivity index (χ0) is 27.1. The number of anilines is 1. The topological polar surface area (TPSA) is 83.9 Å². The fourth-order valence-electron chi connectivity index (χ4n) is 4.25. The first-order valence-electron chi connectivity index (χ1n) is 12.3. The molecule has 2 heterocycles. The number of rotatable bonds is 9. The molecule has 1 amide bonds. The van der Waals surface area contributed by atoms with Gasteiger partial charge in [0, 0.05) is 49.1 Å². The molecule has 0 bridgehead atoms. The van der Waals surface area contributed by atoms with Crippen molar-refractivity contribution in [2.45, 2.75) is 41.7 Å². The molecule has 10 heteroatoms. The first kappa shape index (κ1) is 28.8. The third kappa shape index (κ3) is 8.13. The molecule has 0 saturated carbocycles. The van der Waals surface area contributed by atoms with Gasteiger partial charge in [-0.2, -0.15) is 0 Å². The third-order valence-corrected chi connectivity index (χ3v) is 6.82. The Morgan fingerprint density at radius 3 is 2.39 bits per heavy atom. The van der Waals surface area contributed by atoms with Crippen LogP contribution in [0.1, 0.15) is 41.2 Å². The van der Waals surface area contributed by atoms with Gasteiger partial charge in [-0.3, -0.25) is 9.78 Å². The van der Waals surface area contributed by atoms with Crippen LogP contribution in [0.5, 0.6) is 0 Å². The van der Waals surface area contributed by atoms with Crippen molar-refractivity contribution in [1.29, 1.82) is 0 Å². The lowest BCUT2D eigenvalue weighted by molar-refractivity contribution is -0.252. The molecule has 4 rings (SSSR count). The number of hydrogen-bond donors (Lipinski definition) is 2. The van der Waals surface area contributed by atoms with Crippen molar-refractivity contribution in [3.05, 3.63) is 95.3 Å². The van der Waals surface area contributed by atoms with Crippen molar-refractivity contribution in [3.63, 3.8) is 0 Å². The zero-order valence-corrected chi connectivity index (χ0v) is 23.2. The highest BCUT2D eigenvalue weighted by molar-refractivity contribution is 6.76. The van der Waals surface area contributed by atoms with Crippen LogP contribution in [0.2, 0.25) is 0 Å². The summed E-state index contributed by atoms with van der Waals surface area (Å²) in [6, 6.07) is 20.8. The monoisotopic (exact) mass is 577 g/mol. The van der Waals surface area contributed by atoms with E-state index in [2.05, 4.69) is 22.2 Å². The highest BCUT2D eigenvalue weighted by atomic mass is 35.6. The number of amides is 1. The number of alkyl halides is 3. The van der Waals surface area contributed by atoms with Crippen LogP contribution in [0.15, 0.2) is 72.9 Å². The van der Waals surface area contributed by atoms with E-state index in [1.807, 2.05) is 60.8 Å². The minimum Gasteiger partial charge on any atom is -0.392 e. The maximum absolute atomic E-state index is 12.0. The van der Waals surface area contributed by atoms with E-state index >= 15 is 0 Å². The molecule has 38 heavy (non-hydrogen) atoms. The molecule has 2 aromatic carbocycles. The molecular formula is C28H30Cl3N3O4. The summed E-state index contributed by atoms with van der Waals surface area (Å²) in [4.78, 5) is 18.6. The minimum absolute atomic E-state index is 0.0115. The summed E-state index contributed by atoms with van der Waals surface area (Å²) in [5.41, 5.74) is 4.20. The Morgan fingerprint density at radius 1 is 1.05 bits per heavy atom. The number of pyridine rings is 1. The van der Waals surface area contributed by atoms with Crippen LogP contribution < -0.4 is 5.32 Å². The van der Waals surface area contributed by atoms with Gasteiger partial charge in [-0.05, 0) is 42.4 Å². The normalized spacial score (nSPS) is 19.9. The van der Waals surface area contributed by atoms with Crippen LogP contribution in [-0.2, 0) is 27.3 Å². The summed E-state index contributed by atoms with van der Waals surface area (Å²) < 4.78 is 10.7. The van der Waals surface area contributed by atoms with Gasteiger partial charge in [-0.1, -0.05) is 77.3 Å². The first-order chi connectivity index (χ1) is 18.2. The van der Waals surface area contributed by atoms with Crippen molar-refractivity contribution < 1.29 is 19.4 Å². The van der Waals surface area contributed by atoms with Gasteiger partial charge in [0.05, 0.1) is 18.8 Å². The summed E-state index contributed by atoms with van der Waals surface area (Å²) in [6.45, 7) is 1.55.